The van der Waals surface area contributed by atoms with E-state index in [-0.39, 0.29) is 40.8 Å². The van der Waals surface area contributed by atoms with Crippen molar-refractivity contribution in [3.63, 3.8) is 0 Å². The predicted molar refractivity (Wildman–Crippen MR) is 161 cm³/mol. The minimum atomic E-state index is -3.07. The van der Waals surface area contributed by atoms with Crippen molar-refractivity contribution in [2.75, 3.05) is 37.5 Å². The van der Waals surface area contributed by atoms with Gasteiger partial charge in [-0.3, -0.25) is 14.3 Å². The molecule has 0 unspecified atom stereocenters. The van der Waals surface area contributed by atoms with E-state index >= 15 is 8.78 Å². The van der Waals surface area contributed by atoms with E-state index in [9.17, 15) is 18.4 Å². The molecule has 0 spiro atoms. The van der Waals surface area contributed by atoms with E-state index in [0.29, 0.717) is 24.7 Å². The Labute approximate surface area is 260 Å². The zero-order chi connectivity index (χ0) is 33.3. The van der Waals surface area contributed by atoms with Crippen LogP contribution in [0, 0.1) is 11.6 Å². The number of anilines is 2. The molecular weight excluding hydrogens is 614 g/mol. The number of nitrogens with one attached hydrogen (secondary N) is 1. The molecule has 244 valence electrons. The number of carbonyl (C=O) groups is 1. The number of morpholine rings is 1. The summed E-state index contributed by atoms with van der Waals surface area (Å²) < 4.78 is 79.0. The van der Waals surface area contributed by atoms with Crippen LogP contribution in [0.1, 0.15) is 24.2 Å². The molecule has 1 fully saturated rings. The normalized spacial score (nSPS) is 16.4. The number of benzene rings is 2. The Morgan fingerprint density at radius 1 is 0.935 bits per heavy atom. The molecule has 0 bridgehead atoms. The molecule has 1 amide bonds. The Morgan fingerprint density at radius 3 is 2.07 bits per heavy atom. The zero-order valence-electron chi connectivity index (χ0n) is 25.5. The molecule has 15 heteroatoms. The van der Waals surface area contributed by atoms with Gasteiger partial charge in [-0.15, -0.1) is 0 Å². The number of hydrogen-bond acceptors (Lipinski definition) is 8. The summed E-state index contributed by atoms with van der Waals surface area (Å²) >= 11 is 0. The van der Waals surface area contributed by atoms with Gasteiger partial charge >= 0.3 is 6.61 Å². The lowest BCUT2D eigenvalue weighted by Crippen LogP contribution is -2.46. The molecule has 5 rings (SSSR count). The van der Waals surface area contributed by atoms with Gasteiger partial charge in [0.25, 0.3) is 11.5 Å². The lowest BCUT2D eigenvalue weighted by molar-refractivity contribution is -0.0498. The first-order chi connectivity index (χ1) is 21.9. The molecule has 46 heavy (non-hydrogen) atoms. The summed E-state index contributed by atoms with van der Waals surface area (Å²) in [7, 11) is 4.06. The summed E-state index contributed by atoms with van der Waals surface area (Å²) in [4.78, 5) is 34.1. The fourth-order valence-electron chi connectivity index (χ4n) is 5.36. The minimum Gasteiger partial charge on any atom is -0.497 e. The number of amides is 1. The molecule has 11 nitrogen and oxygen atoms in total. The fourth-order valence-corrected chi connectivity index (χ4v) is 5.36. The van der Waals surface area contributed by atoms with Crippen molar-refractivity contribution < 1.29 is 41.3 Å². The van der Waals surface area contributed by atoms with E-state index in [2.05, 4.69) is 10.1 Å². The molecule has 1 aliphatic rings. The highest BCUT2D eigenvalue weighted by atomic mass is 19.3. The average molecular weight is 646 g/mol. The molecule has 2 atom stereocenters. The number of rotatable bonds is 9. The number of nitrogens with zero attached hydrogens (tertiary/aromatic N) is 4. The maximum absolute atomic E-state index is 15.5. The van der Waals surface area contributed by atoms with Crippen LogP contribution in [0.25, 0.3) is 17.1 Å². The van der Waals surface area contributed by atoms with Gasteiger partial charge < -0.3 is 29.2 Å². The first-order valence-electron chi connectivity index (χ1n) is 14.1. The molecule has 4 aromatic rings. The number of hydrogen-bond donors (Lipinski definition) is 1. The van der Waals surface area contributed by atoms with Gasteiger partial charge in [-0.25, -0.2) is 13.8 Å². The number of ether oxygens (including phenoxy) is 4. The van der Waals surface area contributed by atoms with E-state index < -0.39 is 41.0 Å². The molecule has 0 radical (unpaired) electrons. The Bertz CT molecular complexity index is 1780. The lowest BCUT2D eigenvalue weighted by Gasteiger charge is -2.36. The lowest BCUT2D eigenvalue weighted by atomic mass is 10.1. The van der Waals surface area contributed by atoms with Crippen molar-refractivity contribution in [1.82, 2.24) is 14.3 Å². The second-order valence-corrected chi connectivity index (χ2v) is 10.6. The topological polar surface area (TPSA) is 109 Å². The maximum atomic E-state index is 15.5. The number of pyridine rings is 1. The molecule has 0 saturated carbocycles. The highest BCUT2D eigenvalue weighted by Gasteiger charge is 2.30. The average Bonchev–Trinajstić information content (AvgIpc) is 3.24. The summed E-state index contributed by atoms with van der Waals surface area (Å²) in [5.74, 6) is -2.44. The summed E-state index contributed by atoms with van der Waals surface area (Å²) in [6, 6.07) is 9.72. The zero-order valence-corrected chi connectivity index (χ0v) is 25.5. The second kappa shape index (κ2) is 13.1. The Morgan fingerprint density at radius 2 is 1.50 bits per heavy atom. The van der Waals surface area contributed by atoms with Gasteiger partial charge in [0, 0.05) is 50.0 Å². The van der Waals surface area contributed by atoms with Crippen LogP contribution in [-0.4, -0.2) is 66.4 Å². The van der Waals surface area contributed by atoms with Crippen molar-refractivity contribution in [3.8, 4) is 34.3 Å². The van der Waals surface area contributed by atoms with Crippen molar-refractivity contribution in [1.29, 1.82) is 0 Å². The highest BCUT2D eigenvalue weighted by molar-refractivity contribution is 6.06. The molecule has 1 saturated heterocycles. The van der Waals surface area contributed by atoms with E-state index in [1.807, 2.05) is 18.7 Å². The van der Waals surface area contributed by atoms with Gasteiger partial charge in [0.05, 0.1) is 32.0 Å². The van der Waals surface area contributed by atoms with E-state index in [1.54, 1.807) is 6.07 Å². The summed E-state index contributed by atoms with van der Waals surface area (Å²) in [6.07, 6.45) is -0.216. The van der Waals surface area contributed by atoms with Crippen molar-refractivity contribution in [2.24, 2.45) is 7.05 Å². The Hall–Kier alpha value is -5.05. The first kappa shape index (κ1) is 32.3. The number of aromatic nitrogens is 3. The van der Waals surface area contributed by atoms with Crippen LogP contribution in [0.2, 0.25) is 0 Å². The van der Waals surface area contributed by atoms with E-state index in [1.165, 1.54) is 44.1 Å². The maximum Gasteiger partial charge on any atom is 0.387 e. The molecule has 0 aliphatic carbocycles. The van der Waals surface area contributed by atoms with E-state index in [0.717, 1.165) is 28.9 Å². The largest absolute Gasteiger partial charge is 0.497 e. The predicted octanol–water partition coefficient (Wildman–Crippen LogP) is 5.00. The van der Waals surface area contributed by atoms with Crippen LogP contribution in [-0.2, 0) is 11.8 Å². The molecule has 3 heterocycles. The molecule has 1 N–H and O–H groups in total. The van der Waals surface area contributed by atoms with Crippen molar-refractivity contribution in [3.05, 3.63) is 76.1 Å². The quantitative estimate of drug-likeness (QED) is 0.254. The van der Waals surface area contributed by atoms with Crippen LogP contribution in [0.15, 0.2) is 53.3 Å². The standard InChI is InChI=1S/C31H31F4N5O6/c1-16-14-39(15-17(2)45-16)24-12-21(44-5)13-25(36-24)40-30(42)27(37-29(41)18-6-8-19(9-7-18)46-31(34)35)28(38(40)3)26-22(32)10-20(43-4)11-23(26)33/h6-13,16-17,31H,14-15H2,1-5H3,(H,37,41)/t16-,17+. The Balaban J connectivity index is 1.67. The monoisotopic (exact) mass is 645 g/mol. The van der Waals surface area contributed by atoms with Gasteiger partial charge in [-0.1, -0.05) is 0 Å². The molecule has 2 aromatic heterocycles. The number of halogens is 4. The molecule has 2 aromatic carbocycles. The van der Waals surface area contributed by atoms with Crippen molar-refractivity contribution in [2.45, 2.75) is 32.7 Å². The highest BCUT2D eigenvalue weighted by Crippen LogP contribution is 2.35. The van der Waals surface area contributed by atoms with E-state index in [4.69, 9.17) is 19.2 Å². The van der Waals surface area contributed by atoms with Crippen LogP contribution < -0.4 is 30.0 Å². The number of carbonyl (C=O) groups excluding carboxylic acids is 1. The first-order valence-corrected chi connectivity index (χ1v) is 14.1. The molecule has 1 aliphatic heterocycles. The van der Waals surface area contributed by atoms with Crippen molar-refractivity contribution >= 4 is 17.4 Å². The third kappa shape index (κ3) is 6.49. The van der Waals surface area contributed by atoms with Crippen LogP contribution in [0.3, 0.4) is 0 Å². The minimum absolute atomic E-state index is 0.0400. The van der Waals surface area contributed by atoms with Gasteiger partial charge in [-0.05, 0) is 38.1 Å². The van der Waals surface area contributed by atoms with Gasteiger partial charge in [0.15, 0.2) is 5.82 Å². The van der Waals surface area contributed by atoms with Gasteiger partial charge in [0.1, 0.15) is 46.1 Å². The summed E-state index contributed by atoms with van der Waals surface area (Å²) in [6.45, 7) is 1.78. The third-order valence-corrected chi connectivity index (χ3v) is 7.30. The third-order valence-electron chi connectivity index (χ3n) is 7.30. The summed E-state index contributed by atoms with van der Waals surface area (Å²) in [5, 5.41) is 2.45. The molecular formula is C31H31F4N5O6. The number of alkyl halides is 2. The van der Waals surface area contributed by atoms with Crippen LogP contribution in [0.4, 0.5) is 29.1 Å². The second-order valence-electron chi connectivity index (χ2n) is 10.6. The van der Waals surface area contributed by atoms with Crippen LogP contribution in [0.5, 0.6) is 17.2 Å². The summed E-state index contributed by atoms with van der Waals surface area (Å²) in [5.41, 5.74) is -2.31. The fraction of sp³-hybridized carbons (Fsp3) is 0.323. The Kier molecular flexibility index (Phi) is 9.23. The SMILES string of the molecule is COc1cc(N2C[C@@H](C)O[C@@H](C)C2)nc(-n2c(=O)c(NC(=O)c3ccc(OC(F)F)cc3)c(-c3c(F)cc(OC)cc3F)n2C)c1. The smallest absolute Gasteiger partial charge is 0.387 e. The van der Waals surface area contributed by atoms with Gasteiger partial charge in [0.2, 0.25) is 0 Å². The van der Waals surface area contributed by atoms with Gasteiger partial charge in [-0.2, -0.15) is 13.5 Å². The van der Waals surface area contributed by atoms with Crippen LogP contribution >= 0.6 is 0 Å². The number of methoxy groups -OCH3 is 2.